The first-order chi connectivity index (χ1) is 6.15. The van der Waals surface area contributed by atoms with E-state index >= 15 is 0 Å². The lowest BCUT2D eigenvalue weighted by molar-refractivity contribution is -0.138. The molecule has 13 heavy (non-hydrogen) atoms. The van der Waals surface area contributed by atoms with Crippen molar-refractivity contribution in [1.82, 2.24) is 5.32 Å². The van der Waals surface area contributed by atoms with Gasteiger partial charge in [0, 0.05) is 0 Å². The molecule has 1 amide bonds. The molecule has 0 aliphatic carbocycles. The normalized spacial score (nSPS) is 19.7. The van der Waals surface area contributed by atoms with Gasteiger partial charge >= 0.3 is 5.97 Å². The third-order valence-corrected chi connectivity index (χ3v) is 2.63. The van der Waals surface area contributed by atoms with Crippen molar-refractivity contribution in [1.29, 1.82) is 0 Å². The van der Waals surface area contributed by atoms with Crippen molar-refractivity contribution in [3.05, 3.63) is 10.6 Å². The van der Waals surface area contributed by atoms with E-state index in [2.05, 4.69) is 5.32 Å². The van der Waals surface area contributed by atoms with Crippen molar-refractivity contribution in [3.8, 4) is 0 Å². The van der Waals surface area contributed by atoms with E-state index in [1.165, 1.54) is 11.8 Å². The molecule has 1 fully saturated rings. The predicted octanol–water partition coefficient (Wildman–Crippen LogP) is 0.644. The Kier molecular flexibility index (Phi) is 3.36. The van der Waals surface area contributed by atoms with Crippen molar-refractivity contribution in [3.63, 3.8) is 0 Å². The Balaban J connectivity index is 2.68. The summed E-state index contributed by atoms with van der Waals surface area (Å²) >= 11 is 1.33. The molecule has 0 aromatic heterocycles. The van der Waals surface area contributed by atoms with Crippen LogP contribution in [0.2, 0.25) is 0 Å². The maximum absolute atomic E-state index is 11.2. The van der Waals surface area contributed by atoms with Crippen LogP contribution in [0.4, 0.5) is 0 Å². The van der Waals surface area contributed by atoms with Gasteiger partial charge in [0.15, 0.2) is 0 Å². The summed E-state index contributed by atoms with van der Waals surface area (Å²) in [5.74, 6) is -0.0534. The quantitative estimate of drug-likeness (QED) is 0.526. The lowest BCUT2D eigenvalue weighted by atomic mass is 10.3. The molecule has 0 aromatic rings. The third kappa shape index (κ3) is 2.48. The highest BCUT2D eigenvalue weighted by molar-refractivity contribution is 8.04. The summed E-state index contributed by atoms with van der Waals surface area (Å²) in [4.78, 5) is 22.0. The first-order valence-electron chi connectivity index (χ1n) is 3.95. The third-order valence-electron chi connectivity index (χ3n) is 1.52. The fraction of sp³-hybridized carbons (Fsp3) is 0.500. The van der Waals surface area contributed by atoms with Crippen molar-refractivity contribution in [2.24, 2.45) is 0 Å². The molecule has 1 aliphatic heterocycles. The molecule has 1 rings (SSSR count). The van der Waals surface area contributed by atoms with Gasteiger partial charge in [0.05, 0.1) is 23.0 Å². The molecule has 1 N–H and O–H groups in total. The number of carbonyl (C=O) groups excluding carboxylic acids is 2. The zero-order valence-corrected chi connectivity index (χ0v) is 8.36. The van der Waals surface area contributed by atoms with Crippen molar-refractivity contribution < 1.29 is 14.3 Å². The second kappa shape index (κ2) is 4.32. The zero-order valence-electron chi connectivity index (χ0n) is 7.55. The Morgan fingerprint density at radius 2 is 2.38 bits per heavy atom. The summed E-state index contributed by atoms with van der Waals surface area (Å²) < 4.78 is 4.79. The molecule has 0 unspecified atom stereocenters. The van der Waals surface area contributed by atoms with Crippen LogP contribution in [0.1, 0.15) is 13.8 Å². The van der Waals surface area contributed by atoms with E-state index in [1.807, 2.05) is 0 Å². The van der Waals surface area contributed by atoms with Crippen molar-refractivity contribution in [2.75, 3.05) is 12.4 Å². The van der Waals surface area contributed by atoms with Crippen LogP contribution in [0.5, 0.6) is 0 Å². The first-order valence-corrected chi connectivity index (χ1v) is 4.94. The molecule has 0 spiro atoms. The smallest absolute Gasteiger partial charge is 0.336 e. The van der Waals surface area contributed by atoms with Crippen LogP contribution in [0.3, 0.4) is 0 Å². The number of rotatable bonds is 2. The highest BCUT2D eigenvalue weighted by Crippen LogP contribution is 2.22. The van der Waals surface area contributed by atoms with Gasteiger partial charge < -0.3 is 10.1 Å². The van der Waals surface area contributed by atoms with Gasteiger partial charge in [-0.1, -0.05) is 11.8 Å². The number of esters is 1. The highest BCUT2D eigenvalue weighted by Gasteiger charge is 2.20. The molecule has 72 valence electrons. The molecule has 1 saturated heterocycles. The number of hydrogen-bond acceptors (Lipinski definition) is 4. The second-order valence-electron chi connectivity index (χ2n) is 2.51. The van der Waals surface area contributed by atoms with Gasteiger partial charge in [0.25, 0.3) is 0 Å². The monoisotopic (exact) mass is 201 g/mol. The van der Waals surface area contributed by atoms with E-state index in [9.17, 15) is 9.59 Å². The van der Waals surface area contributed by atoms with Crippen molar-refractivity contribution >= 4 is 23.6 Å². The van der Waals surface area contributed by atoms with Gasteiger partial charge in [-0.3, -0.25) is 4.79 Å². The molecule has 0 atom stereocenters. The van der Waals surface area contributed by atoms with Crippen LogP contribution in [-0.4, -0.2) is 24.2 Å². The summed E-state index contributed by atoms with van der Waals surface area (Å²) in [6, 6.07) is 0. The molecular weight excluding hydrogens is 190 g/mol. The van der Waals surface area contributed by atoms with E-state index in [0.29, 0.717) is 23.0 Å². The summed E-state index contributed by atoms with van der Waals surface area (Å²) in [5.41, 5.74) is 0.470. The van der Waals surface area contributed by atoms with Gasteiger partial charge in [-0.2, -0.15) is 0 Å². The van der Waals surface area contributed by atoms with Crippen LogP contribution < -0.4 is 5.32 Å². The Bertz CT molecular complexity index is 273. The Morgan fingerprint density at radius 3 is 2.85 bits per heavy atom. The maximum atomic E-state index is 11.2. The van der Waals surface area contributed by atoms with E-state index in [0.717, 1.165) is 0 Å². The average Bonchev–Trinajstić information content (AvgIpc) is 2.51. The molecule has 1 heterocycles. The minimum Gasteiger partial charge on any atom is -0.463 e. The molecule has 5 heteroatoms. The predicted molar refractivity (Wildman–Crippen MR) is 49.9 cm³/mol. The Labute approximate surface area is 80.7 Å². The summed E-state index contributed by atoms with van der Waals surface area (Å²) in [7, 11) is 0. The number of hydrogen-bond donors (Lipinski definition) is 1. The van der Waals surface area contributed by atoms with Gasteiger partial charge in [-0.25, -0.2) is 4.79 Å². The largest absolute Gasteiger partial charge is 0.463 e. The van der Waals surface area contributed by atoms with E-state index in [4.69, 9.17) is 4.74 Å². The van der Waals surface area contributed by atoms with Crippen molar-refractivity contribution in [2.45, 2.75) is 13.8 Å². The average molecular weight is 201 g/mol. The summed E-state index contributed by atoms with van der Waals surface area (Å²) in [5, 5.41) is 3.21. The summed E-state index contributed by atoms with van der Waals surface area (Å²) in [6.45, 7) is 3.74. The second-order valence-corrected chi connectivity index (χ2v) is 3.50. The summed E-state index contributed by atoms with van der Waals surface area (Å²) in [6.07, 6.45) is 0. The van der Waals surface area contributed by atoms with E-state index in [1.54, 1.807) is 13.8 Å². The molecule has 0 saturated carbocycles. The maximum Gasteiger partial charge on any atom is 0.336 e. The van der Waals surface area contributed by atoms with Crippen LogP contribution in [0.15, 0.2) is 10.6 Å². The van der Waals surface area contributed by atoms with E-state index < -0.39 is 0 Å². The molecule has 0 bridgehead atoms. The first kappa shape index (κ1) is 10.1. The number of thioether (sulfide) groups is 1. The molecule has 0 aromatic carbocycles. The van der Waals surface area contributed by atoms with Gasteiger partial charge in [0.1, 0.15) is 0 Å². The standard InChI is InChI=1S/C8H11NO3S/c1-3-12-8(11)5(2)7-9-6(10)4-13-7/h3-4H2,1-2H3,(H,9,10)/b7-5-. The molecule has 0 radical (unpaired) electrons. The molecular formula is C8H11NO3S. The van der Waals surface area contributed by atoms with Gasteiger partial charge in [0.2, 0.25) is 5.91 Å². The topological polar surface area (TPSA) is 55.4 Å². The fourth-order valence-corrected chi connectivity index (χ4v) is 1.70. The highest BCUT2D eigenvalue weighted by atomic mass is 32.2. The fourth-order valence-electron chi connectivity index (χ4n) is 0.871. The zero-order chi connectivity index (χ0) is 9.84. The molecule has 1 aliphatic rings. The van der Waals surface area contributed by atoms with Crippen LogP contribution in [-0.2, 0) is 14.3 Å². The SMILES string of the molecule is CCOC(=O)/C(C)=C1/NC(=O)CS1. The number of ether oxygens (including phenoxy) is 1. The Hall–Kier alpha value is -0.970. The van der Waals surface area contributed by atoms with E-state index in [-0.39, 0.29) is 11.9 Å². The minimum atomic E-state index is -0.368. The van der Waals surface area contributed by atoms with Gasteiger partial charge in [-0.15, -0.1) is 0 Å². The number of amides is 1. The van der Waals surface area contributed by atoms with Crippen LogP contribution >= 0.6 is 11.8 Å². The van der Waals surface area contributed by atoms with Crippen LogP contribution in [0.25, 0.3) is 0 Å². The minimum absolute atomic E-state index is 0.0661. The lowest BCUT2D eigenvalue weighted by Crippen LogP contribution is -2.17. The lowest BCUT2D eigenvalue weighted by Gasteiger charge is -2.03. The van der Waals surface area contributed by atoms with Gasteiger partial charge in [-0.05, 0) is 13.8 Å². The number of nitrogens with one attached hydrogen (secondary N) is 1. The Morgan fingerprint density at radius 1 is 1.69 bits per heavy atom. The van der Waals surface area contributed by atoms with Crippen LogP contribution in [0, 0.1) is 0 Å². The molecule has 4 nitrogen and oxygen atoms in total. The number of carbonyl (C=O) groups is 2.